The van der Waals surface area contributed by atoms with Crippen LogP contribution in [0.3, 0.4) is 0 Å². The summed E-state index contributed by atoms with van der Waals surface area (Å²) in [6.07, 6.45) is 12.7. The molecule has 4 aliphatic carbocycles. The minimum atomic E-state index is -0.640. The van der Waals surface area contributed by atoms with E-state index in [1.165, 1.54) is 5.57 Å². The van der Waals surface area contributed by atoms with Gasteiger partial charge in [0.1, 0.15) is 18.3 Å². The summed E-state index contributed by atoms with van der Waals surface area (Å²) in [6.45, 7) is 24.3. The highest BCUT2D eigenvalue weighted by Crippen LogP contribution is 2.75. The van der Waals surface area contributed by atoms with Crippen molar-refractivity contribution in [2.24, 2.45) is 68.3 Å². The number of aliphatic carboxylic acids is 1. The number of ether oxygens (including phenoxy) is 2. The van der Waals surface area contributed by atoms with Gasteiger partial charge < -0.3 is 20.3 Å². The summed E-state index contributed by atoms with van der Waals surface area (Å²) in [5.74, 6) is 1.08. The molecule has 12 atom stereocenters. The van der Waals surface area contributed by atoms with Crippen molar-refractivity contribution >= 4 is 5.97 Å². The van der Waals surface area contributed by atoms with Gasteiger partial charge >= 0.3 is 5.97 Å². The third-order valence-electron chi connectivity index (χ3n) is 16.6. The molecule has 0 radical (unpaired) electrons. The topological polar surface area (TPSA) is 138 Å². The summed E-state index contributed by atoms with van der Waals surface area (Å²) in [7, 11) is 0. The molecule has 4 fully saturated rings. The Hall–Kier alpha value is -2.69. The minimum Gasteiger partial charge on any atom is -0.481 e. The van der Waals surface area contributed by atoms with Crippen LogP contribution in [0.2, 0.25) is 0 Å². The van der Waals surface area contributed by atoms with Gasteiger partial charge in [0, 0.05) is 17.2 Å². The van der Waals surface area contributed by atoms with Crippen molar-refractivity contribution in [3.8, 4) is 11.5 Å². The summed E-state index contributed by atoms with van der Waals surface area (Å²) in [4.78, 5) is 27.1. The molecule has 0 spiro atoms. The van der Waals surface area contributed by atoms with Crippen molar-refractivity contribution in [3.63, 3.8) is 0 Å². The van der Waals surface area contributed by atoms with E-state index in [1.54, 1.807) is 18.9 Å². The van der Waals surface area contributed by atoms with Gasteiger partial charge in [0.15, 0.2) is 5.82 Å². The van der Waals surface area contributed by atoms with Crippen molar-refractivity contribution in [1.29, 1.82) is 0 Å². The average Bonchev–Trinajstić information content (AvgIpc) is 3.58. The lowest BCUT2D eigenvalue weighted by molar-refractivity contribution is -0.254. The van der Waals surface area contributed by atoms with Crippen LogP contribution in [0, 0.1) is 62.6 Å². The van der Waals surface area contributed by atoms with E-state index in [2.05, 4.69) is 90.0 Å². The molecular weight excluding hydrogens is 652 g/mol. The zero-order valence-electron chi connectivity index (χ0n) is 33.4. The lowest BCUT2D eigenvalue weighted by Gasteiger charge is -2.71. The van der Waals surface area contributed by atoms with Crippen molar-refractivity contribution in [2.75, 3.05) is 19.8 Å². The second-order valence-corrected chi connectivity index (χ2v) is 19.7. The molecule has 2 bridgehead atoms. The van der Waals surface area contributed by atoms with Gasteiger partial charge in [-0.2, -0.15) is 5.10 Å². The van der Waals surface area contributed by atoms with Crippen molar-refractivity contribution in [3.05, 3.63) is 36.6 Å². The zero-order valence-corrected chi connectivity index (χ0v) is 33.4. The monoisotopic (exact) mass is 716 g/mol. The SMILES string of the molecule is CC(C)[C@@H](C)[C@@]1(C)CC[C@]2(C)[C@H]3CC[C@@H]4[C@@]5(C)COC[C@@]4(C3=CC[C@@]2(C)[C@@H]1C(=O)O)[C@@H](OC[C@](C)(N)C(C)C)[C@H](n1ncnc1-c1ccncn1)C5. The minimum absolute atomic E-state index is 0.128. The van der Waals surface area contributed by atoms with Gasteiger partial charge in [-0.25, -0.2) is 19.6 Å². The van der Waals surface area contributed by atoms with Crippen molar-refractivity contribution in [2.45, 2.75) is 125 Å². The third kappa shape index (κ3) is 5.23. The Kier molecular flexibility index (Phi) is 9.18. The Labute approximate surface area is 311 Å². The van der Waals surface area contributed by atoms with Crippen LogP contribution in [-0.2, 0) is 14.3 Å². The van der Waals surface area contributed by atoms with Gasteiger partial charge in [-0.15, -0.1) is 0 Å². The van der Waals surface area contributed by atoms with E-state index < -0.39 is 28.3 Å². The number of carboxylic acid groups (broad SMARTS) is 1. The van der Waals surface area contributed by atoms with Crippen LogP contribution in [0.15, 0.2) is 36.6 Å². The highest BCUT2D eigenvalue weighted by molar-refractivity contribution is 5.73. The Morgan fingerprint density at radius 3 is 2.48 bits per heavy atom. The normalized spacial score (nSPS) is 41.7. The number of fused-ring (bicyclic) bond motifs is 3. The molecule has 3 N–H and O–H groups in total. The predicted molar refractivity (Wildman–Crippen MR) is 201 cm³/mol. The molecule has 3 heterocycles. The summed E-state index contributed by atoms with van der Waals surface area (Å²) in [5.41, 5.74) is 7.12. The molecule has 1 saturated heterocycles. The maximum absolute atomic E-state index is 13.6. The summed E-state index contributed by atoms with van der Waals surface area (Å²) in [5, 5.41) is 16.1. The van der Waals surface area contributed by atoms with Gasteiger partial charge in [-0.3, -0.25) is 4.79 Å². The number of carbonyl (C=O) groups is 1. The molecule has 5 aliphatic rings. The fraction of sp³-hybridized carbons (Fsp3) is 0.786. The highest BCUT2D eigenvalue weighted by atomic mass is 16.5. The summed E-state index contributed by atoms with van der Waals surface area (Å²) < 4.78 is 16.2. The number of nitrogens with two attached hydrogens (primary N) is 1. The number of aromatic nitrogens is 5. The smallest absolute Gasteiger partial charge is 0.307 e. The Bertz CT molecular complexity index is 1690. The molecule has 10 heteroatoms. The fourth-order valence-electron chi connectivity index (χ4n) is 12.6. The van der Waals surface area contributed by atoms with E-state index in [-0.39, 0.29) is 46.1 Å². The summed E-state index contributed by atoms with van der Waals surface area (Å²) in [6, 6.07) is 1.74. The molecule has 0 aromatic carbocycles. The lowest BCUT2D eigenvalue weighted by atomic mass is 9.34. The Balaban J connectivity index is 1.40. The zero-order chi connectivity index (χ0) is 37.6. The fourth-order valence-corrected chi connectivity index (χ4v) is 12.6. The Morgan fingerprint density at radius 1 is 1.08 bits per heavy atom. The van der Waals surface area contributed by atoms with Crippen LogP contribution < -0.4 is 5.73 Å². The van der Waals surface area contributed by atoms with Gasteiger partial charge in [0.25, 0.3) is 0 Å². The quantitative estimate of drug-likeness (QED) is 0.251. The van der Waals surface area contributed by atoms with Gasteiger partial charge in [-0.05, 0) is 103 Å². The van der Waals surface area contributed by atoms with E-state index in [0.29, 0.717) is 37.5 Å². The van der Waals surface area contributed by atoms with Crippen LogP contribution in [-0.4, -0.2) is 67.3 Å². The van der Waals surface area contributed by atoms with E-state index in [4.69, 9.17) is 25.3 Å². The molecule has 286 valence electrons. The molecule has 52 heavy (non-hydrogen) atoms. The van der Waals surface area contributed by atoms with E-state index in [0.717, 1.165) is 44.2 Å². The average molecular weight is 717 g/mol. The molecular formula is C42H64N6O4. The second-order valence-electron chi connectivity index (χ2n) is 19.7. The number of rotatable bonds is 9. The predicted octanol–water partition coefficient (Wildman–Crippen LogP) is 7.62. The van der Waals surface area contributed by atoms with E-state index in [9.17, 15) is 9.90 Å². The standard InChI is InChI=1S/C42H64N6O4/c1-25(2)27(5)38(7)16-17-39(8)28-11-12-32-37(6)19-31(48-35(46-24-47-48)30-14-18-44-23-45-30)34(52-21-41(10,43)26(3)4)42(32,22-51-20-37)29(28)13-15-40(39,9)33(38)36(49)50/h13-14,18,23-28,31-34H,11-12,15-17,19-22,43H2,1-10H3,(H,49,50)/t27-,28+,31-,32-,33-,34+,37-,38-,39-,40+,41+,42+/m1/s1. The van der Waals surface area contributed by atoms with Crippen LogP contribution in [0.1, 0.15) is 114 Å². The van der Waals surface area contributed by atoms with E-state index >= 15 is 0 Å². The second kappa shape index (κ2) is 12.7. The maximum atomic E-state index is 13.6. The summed E-state index contributed by atoms with van der Waals surface area (Å²) >= 11 is 0. The lowest BCUT2D eigenvalue weighted by Crippen LogP contribution is -2.70. The van der Waals surface area contributed by atoms with Crippen molar-refractivity contribution < 1.29 is 19.4 Å². The maximum Gasteiger partial charge on any atom is 0.307 e. The number of hydrogen-bond donors (Lipinski definition) is 2. The first-order valence-corrected chi connectivity index (χ1v) is 19.9. The van der Waals surface area contributed by atoms with Crippen LogP contribution >= 0.6 is 0 Å². The first kappa shape index (κ1) is 37.6. The first-order valence-electron chi connectivity index (χ1n) is 19.9. The number of hydrogen-bond acceptors (Lipinski definition) is 8. The number of nitrogens with zero attached hydrogens (tertiary/aromatic N) is 5. The van der Waals surface area contributed by atoms with Gasteiger partial charge in [0.05, 0.1) is 37.9 Å². The van der Waals surface area contributed by atoms with Gasteiger partial charge in [-0.1, -0.05) is 74.0 Å². The third-order valence-corrected chi connectivity index (χ3v) is 16.6. The molecule has 2 aromatic heterocycles. The van der Waals surface area contributed by atoms with Crippen LogP contribution in [0.4, 0.5) is 0 Å². The molecule has 1 aliphatic heterocycles. The molecule has 7 rings (SSSR count). The first-order chi connectivity index (χ1) is 24.4. The van der Waals surface area contributed by atoms with Crippen molar-refractivity contribution in [1.82, 2.24) is 24.7 Å². The largest absolute Gasteiger partial charge is 0.481 e. The highest BCUT2D eigenvalue weighted by Gasteiger charge is 2.72. The Morgan fingerprint density at radius 2 is 1.83 bits per heavy atom. The molecule has 2 aromatic rings. The molecule has 10 nitrogen and oxygen atoms in total. The molecule has 0 unspecified atom stereocenters. The van der Waals surface area contributed by atoms with Crippen LogP contribution in [0.5, 0.6) is 0 Å². The number of allylic oxidation sites excluding steroid dienone is 1. The van der Waals surface area contributed by atoms with Gasteiger partial charge in [0.2, 0.25) is 0 Å². The molecule has 3 saturated carbocycles. The molecule has 0 amide bonds. The van der Waals surface area contributed by atoms with E-state index in [1.807, 2.05) is 6.07 Å². The number of carboxylic acids is 1. The van der Waals surface area contributed by atoms with Crippen LogP contribution in [0.25, 0.3) is 11.5 Å².